The van der Waals surface area contributed by atoms with Crippen molar-refractivity contribution in [1.29, 1.82) is 0 Å². The third kappa shape index (κ3) is 4.06. The Kier molecular flexibility index (Phi) is 6.20. The predicted molar refractivity (Wildman–Crippen MR) is 96.8 cm³/mol. The van der Waals surface area contributed by atoms with E-state index in [1.165, 1.54) is 11.8 Å². The first-order valence-electron chi connectivity index (χ1n) is 7.80. The van der Waals surface area contributed by atoms with Crippen molar-refractivity contribution in [3.8, 4) is 5.75 Å². The van der Waals surface area contributed by atoms with E-state index in [0.717, 1.165) is 17.1 Å². The van der Waals surface area contributed by atoms with E-state index in [0.29, 0.717) is 22.8 Å². The van der Waals surface area contributed by atoms with E-state index >= 15 is 0 Å². The second-order valence-electron chi connectivity index (χ2n) is 5.70. The molecule has 1 aromatic heterocycles. The molecule has 128 valence electrons. The van der Waals surface area contributed by atoms with Crippen molar-refractivity contribution >= 4 is 17.7 Å². The van der Waals surface area contributed by atoms with Crippen LogP contribution in [-0.2, 0) is 6.54 Å². The van der Waals surface area contributed by atoms with Gasteiger partial charge in [0, 0.05) is 18.0 Å². The standard InChI is InChI=1S/C18H23N3O2S/c1-11(2)16-20-12(3)15(18(21-16)24-5)17(22)19-10-13-8-6-7-9-14(13)23-4/h6-9,11H,10H2,1-5H3,(H,19,22). The molecule has 0 aliphatic heterocycles. The second-order valence-corrected chi connectivity index (χ2v) is 6.50. The van der Waals surface area contributed by atoms with Crippen molar-refractivity contribution in [2.75, 3.05) is 13.4 Å². The molecule has 1 amide bonds. The highest BCUT2D eigenvalue weighted by Crippen LogP contribution is 2.23. The predicted octanol–water partition coefficient (Wildman–Crippen LogP) is 3.57. The quantitative estimate of drug-likeness (QED) is 0.640. The van der Waals surface area contributed by atoms with E-state index in [9.17, 15) is 4.79 Å². The fourth-order valence-electron chi connectivity index (χ4n) is 2.35. The number of carbonyl (C=O) groups excluding carboxylic acids is 1. The number of methoxy groups -OCH3 is 1. The number of hydrogen-bond donors (Lipinski definition) is 1. The molecule has 1 heterocycles. The van der Waals surface area contributed by atoms with Gasteiger partial charge in [-0.1, -0.05) is 32.0 Å². The number of amides is 1. The van der Waals surface area contributed by atoms with Crippen molar-refractivity contribution < 1.29 is 9.53 Å². The first kappa shape index (κ1) is 18.3. The van der Waals surface area contributed by atoms with Gasteiger partial charge < -0.3 is 10.1 Å². The molecule has 0 spiro atoms. The fourth-order valence-corrected chi connectivity index (χ4v) is 2.98. The van der Waals surface area contributed by atoms with E-state index in [1.807, 2.05) is 51.3 Å². The van der Waals surface area contributed by atoms with Crippen LogP contribution in [0, 0.1) is 6.92 Å². The molecule has 2 aromatic rings. The van der Waals surface area contributed by atoms with E-state index < -0.39 is 0 Å². The van der Waals surface area contributed by atoms with Gasteiger partial charge in [-0.2, -0.15) is 0 Å². The summed E-state index contributed by atoms with van der Waals surface area (Å²) in [5.41, 5.74) is 2.17. The number of thioether (sulfide) groups is 1. The van der Waals surface area contributed by atoms with Crippen LogP contribution < -0.4 is 10.1 Å². The highest BCUT2D eigenvalue weighted by atomic mass is 32.2. The zero-order chi connectivity index (χ0) is 17.7. The summed E-state index contributed by atoms with van der Waals surface area (Å²) < 4.78 is 5.31. The number of nitrogens with zero attached hydrogens (tertiary/aromatic N) is 2. The third-order valence-electron chi connectivity index (χ3n) is 3.64. The summed E-state index contributed by atoms with van der Waals surface area (Å²) in [5, 5.41) is 3.65. The molecule has 0 aliphatic rings. The zero-order valence-corrected chi connectivity index (χ0v) is 15.5. The van der Waals surface area contributed by atoms with E-state index in [-0.39, 0.29) is 11.8 Å². The number of carbonyl (C=O) groups is 1. The van der Waals surface area contributed by atoms with Crippen molar-refractivity contribution in [3.05, 3.63) is 46.9 Å². The third-order valence-corrected chi connectivity index (χ3v) is 4.32. The summed E-state index contributed by atoms with van der Waals surface area (Å²) in [6.07, 6.45) is 1.92. The van der Waals surface area contributed by atoms with Crippen molar-refractivity contribution in [2.24, 2.45) is 0 Å². The van der Waals surface area contributed by atoms with Crippen LogP contribution in [0.3, 0.4) is 0 Å². The van der Waals surface area contributed by atoms with Crippen LogP contribution in [0.2, 0.25) is 0 Å². The molecule has 2 rings (SSSR count). The number of benzene rings is 1. The molecule has 0 bridgehead atoms. The van der Waals surface area contributed by atoms with E-state index in [1.54, 1.807) is 7.11 Å². The van der Waals surface area contributed by atoms with Gasteiger partial charge in [-0.05, 0) is 19.2 Å². The zero-order valence-electron chi connectivity index (χ0n) is 14.7. The monoisotopic (exact) mass is 345 g/mol. The summed E-state index contributed by atoms with van der Waals surface area (Å²) in [4.78, 5) is 21.7. The van der Waals surface area contributed by atoms with Crippen LogP contribution in [-0.4, -0.2) is 29.2 Å². The molecule has 0 unspecified atom stereocenters. The van der Waals surface area contributed by atoms with Crippen LogP contribution >= 0.6 is 11.8 Å². The Hall–Kier alpha value is -2.08. The largest absolute Gasteiger partial charge is 0.496 e. The van der Waals surface area contributed by atoms with Gasteiger partial charge in [-0.3, -0.25) is 4.79 Å². The average molecular weight is 345 g/mol. The maximum absolute atomic E-state index is 12.7. The minimum absolute atomic E-state index is 0.168. The number of rotatable bonds is 6. The number of ether oxygens (including phenoxy) is 1. The van der Waals surface area contributed by atoms with Crippen LogP contribution in [0.1, 0.15) is 47.2 Å². The molecule has 1 N–H and O–H groups in total. The maximum atomic E-state index is 12.7. The molecule has 0 saturated carbocycles. The Morgan fingerprint density at radius 2 is 2.00 bits per heavy atom. The van der Waals surface area contributed by atoms with E-state index in [4.69, 9.17) is 4.74 Å². The number of nitrogens with one attached hydrogen (secondary N) is 1. The number of hydrogen-bond acceptors (Lipinski definition) is 5. The summed E-state index contributed by atoms with van der Waals surface area (Å²) >= 11 is 1.46. The van der Waals surface area contributed by atoms with Gasteiger partial charge in [0.1, 0.15) is 16.6 Å². The SMILES string of the molecule is COc1ccccc1CNC(=O)c1c(C)nc(C(C)C)nc1SC. The molecule has 1 aromatic carbocycles. The van der Waals surface area contributed by atoms with Crippen LogP contribution in [0.4, 0.5) is 0 Å². The minimum atomic E-state index is -0.168. The fraction of sp³-hybridized carbons (Fsp3) is 0.389. The lowest BCUT2D eigenvalue weighted by Gasteiger charge is -2.14. The van der Waals surface area contributed by atoms with Gasteiger partial charge in [0.15, 0.2) is 0 Å². The van der Waals surface area contributed by atoms with Gasteiger partial charge in [-0.15, -0.1) is 11.8 Å². The van der Waals surface area contributed by atoms with Crippen LogP contribution in [0.25, 0.3) is 0 Å². The maximum Gasteiger partial charge on any atom is 0.256 e. The van der Waals surface area contributed by atoms with Crippen molar-refractivity contribution in [1.82, 2.24) is 15.3 Å². The van der Waals surface area contributed by atoms with Crippen LogP contribution in [0.5, 0.6) is 5.75 Å². The summed E-state index contributed by atoms with van der Waals surface area (Å²) in [5.74, 6) is 1.57. The Labute approximate surface area is 147 Å². The number of aryl methyl sites for hydroxylation is 1. The topological polar surface area (TPSA) is 64.1 Å². The molecule has 0 aliphatic carbocycles. The minimum Gasteiger partial charge on any atom is -0.496 e. The van der Waals surface area contributed by atoms with Crippen molar-refractivity contribution in [2.45, 2.75) is 38.3 Å². The Morgan fingerprint density at radius 1 is 1.29 bits per heavy atom. The first-order valence-corrected chi connectivity index (χ1v) is 9.03. The lowest BCUT2D eigenvalue weighted by Crippen LogP contribution is -2.26. The Morgan fingerprint density at radius 3 is 2.62 bits per heavy atom. The van der Waals surface area contributed by atoms with Crippen LogP contribution in [0.15, 0.2) is 29.3 Å². The molecule has 5 nitrogen and oxygen atoms in total. The van der Waals surface area contributed by atoms with Gasteiger partial charge in [0.25, 0.3) is 5.91 Å². The van der Waals surface area contributed by atoms with E-state index in [2.05, 4.69) is 15.3 Å². The Bertz CT molecular complexity index is 732. The molecule has 0 radical (unpaired) electrons. The molecule has 24 heavy (non-hydrogen) atoms. The second kappa shape index (κ2) is 8.15. The van der Waals surface area contributed by atoms with Gasteiger partial charge in [-0.25, -0.2) is 9.97 Å². The van der Waals surface area contributed by atoms with Gasteiger partial charge in [0.2, 0.25) is 0 Å². The normalized spacial score (nSPS) is 10.8. The van der Waals surface area contributed by atoms with Gasteiger partial charge >= 0.3 is 0 Å². The van der Waals surface area contributed by atoms with Gasteiger partial charge in [0.05, 0.1) is 18.4 Å². The smallest absolute Gasteiger partial charge is 0.256 e. The molecule has 6 heteroatoms. The summed E-state index contributed by atoms with van der Waals surface area (Å²) in [6.45, 7) is 6.33. The number of aromatic nitrogens is 2. The van der Waals surface area contributed by atoms with Crippen molar-refractivity contribution in [3.63, 3.8) is 0 Å². The molecule has 0 atom stereocenters. The lowest BCUT2D eigenvalue weighted by atomic mass is 10.1. The molecule has 0 fully saturated rings. The molecule has 0 saturated heterocycles. The summed E-state index contributed by atoms with van der Waals surface area (Å²) in [6, 6.07) is 7.63. The first-order chi connectivity index (χ1) is 11.5. The number of para-hydroxylation sites is 1. The Balaban J connectivity index is 2.23. The highest BCUT2D eigenvalue weighted by molar-refractivity contribution is 7.98. The summed E-state index contributed by atoms with van der Waals surface area (Å²) in [7, 11) is 1.62. The average Bonchev–Trinajstić information content (AvgIpc) is 2.58. The highest BCUT2D eigenvalue weighted by Gasteiger charge is 2.19. The molecular weight excluding hydrogens is 322 g/mol. The lowest BCUT2D eigenvalue weighted by molar-refractivity contribution is 0.0945. The molecular formula is C18H23N3O2S.